The summed E-state index contributed by atoms with van der Waals surface area (Å²) >= 11 is 0. The summed E-state index contributed by atoms with van der Waals surface area (Å²) in [7, 11) is 0. The van der Waals surface area contributed by atoms with E-state index in [4.69, 9.17) is 0 Å². The molecule has 4 heteroatoms. The first-order valence-electron chi connectivity index (χ1n) is 7.54. The normalized spacial score (nSPS) is 13.3. The van der Waals surface area contributed by atoms with Crippen molar-refractivity contribution in [3.63, 3.8) is 0 Å². The minimum atomic E-state index is -1.64. The number of carboxylic acid groups (broad SMARTS) is 2. The summed E-state index contributed by atoms with van der Waals surface area (Å²) < 4.78 is 0. The summed E-state index contributed by atoms with van der Waals surface area (Å²) in [6.45, 7) is 0. The van der Waals surface area contributed by atoms with Crippen LogP contribution in [0.15, 0.2) is 72.8 Å². The van der Waals surface area contributed by atoms with Gasteiger partial charge in [-0.05, 0) is 21.9 Å². The molecule has 24 heavy (non-hydrogen) atoms. The van der Waals surface area contributed by atoms with Gasteiger partial charge in [0.25, 0.3) is 0 Å². The molecule has 0 aromatic heterocycles. The minimum absolute atomic E-state index is 0.455. The van der Waals surface area contributed by atoms with E-state index in [1.54, 1.807) is 42.5 Å². The Labute approximate surface area is 139 Å². The van der Waals surface area contributed by atoms with Crippen molar-refractivity contribution in [2.24, 2.45) is 0 Å². The molecule has 3 aromatic rings. The summed E-state index contributed by atoms with van der Waals surface area (Å²) in [4.78, 5) is 23.9. The maximum atomic E-state index is 12.3. The minimum Gasteiger partial charge on any atom is -0.481 e. The van der Waals surface area contributed by atoms with Crippen molar-refractivity contribution in [1.29, 1.82) is 0 Å². The summed E-state index contributed by atoms with van der Waals surface area (Å²) in [6.07, 6.45) is -0.527. The SMILES string of the molecule is O=C(O)CC(C(=O)O)(c1ccccc1)c1cccc2ccccc12. The molecule has 1 atom stereocenters. The Balaban J connectivity index is 2.39. The molecule has 0 radical (unpaired) electrons. The molecule has 0 saturated carbocycles. The molecule has 120 valence electrons. The number of fused-ring (bicyclic) bond motifs is 1. The molecular formula is C20H16O4. The van der Waals surface area contributed by atoms with Gasteiger partial charge in [0.15, 0.2) is 0 Å². The number of carboxylic acids is 2. The number of carbonyl (C=O) groups is 2. The monoisotopic (exact) mass is 320 g/mol. The van der Waals surface area contributed by atoms with Gasteiger partial charge in [0.1, 0.15) is 5.41 Å². The molecule has 0 amide bonds. The van der Waals surface area contributed by atoms with Crippen LogP contribution in [0.4, 0.5) is 0 Å². The molecule has 0 heterocycles. The molecule has 3 aromatic carbocycles. The number of benzene rings is 3. The van der Waals surface area contributed by atoms with Crippen LogP contribution in [-0.4, -0.2) is 22.2 Å². The Bertz CT molecular complexity index is 896. The average Bonchev–Trinajstić information content (AvgIpc) is 2.59. The topological polar surface area (TPSA) is 74.6 Å². The summed E-state index contributed by atoms with van der Waals surface area (Å²) in [6, 6.07) is 21.3. The van der Waals surface area contributed by atoms with Gasteiger partial charge in [0, 0.05) is 0 Å². The lowest BCUT2D eigenvalue weighted by atomic mass is 9.70. The van der Waals surface area contributed by atoms with E-state index >= 15 is 0 Å². The van der Waals surface area contributed by atoms with Crippen molar-refractivity contribution in [1.82, 2.24) is 0 Å². The highest BCUT2D eigenvalue weighted by Gasteiger charge is 2.45. The van der Waals surface area contributed by atoms with Gasteiger partial charge < -0.3 is 10.2 Å². The van der Waals surface area contributed by atoms with Crippen LogP contribution in [0.5, 0.6) is 0 Å². The van der Waals surface area contributed by atoms with Gasteiger partial charge >= 0.3 is 11.9 Å². The second-order valence-electron chi connectivity index (χ2n) is 5.67. The Morgan fingerprint density at radius 2 is 1.42 bits per heavy atom. The van der Waals surface area contributed by atoms with Crippen molar-refractivity contribution in [3.05, 3.63) is 83.9 Å². The van der Waals surface area contributed by atoms with Crippen LogP contribution in [0.2, 0.25) is 0 Å². The number of aliphatic carboxylic acids is 2. The van der Waals surface area contributed by atoms with Crippen LogP contribution in [-0.2, 0) is 15.0 Å². The second-order valence-corrected chi connectivity index (χ2v) is 5.67. The standard InChI is InChI=1S/C20H16O4/c21-18(22)13-20(19(23)24,15-9-2-1-3-10-15)17-12-6-8-14-7-4-5-11-16(14)17/h1-12H,13H2,(H,21,22)(H,23,24). The average molecular weight is 320 g/mol. The first-order valence-corrected chi connectivity index (χ1v) is 7.54. The number of rotatable bonds is 5. The molecule has 0 aliphatic carbocycles. The van der Waals surface area contributed by atoms with Crippen molar-refractivity contribution in [3.8, 4) is 0 Å². The van der Waals surface area contributed by atoms with Gasteiger partial charge in [-0.3, -0.25) is 9.59 Å². The Morgan fingerprint density at radius 1 is 0.792 bits per heavy atom. The van der Waals surface area contributed by atoms with Crippen LogP contribution < -0.4 is 0 Å². The maximum absolute atomic E-state index is 12.3. The fraction of sp³-hybridized carbons (Fsp3) is 0.100. The summed E-state index contributed by atoms with van der Waals surface area (Å²) in [5.74, 6) is -2.33. The lowest BCUT2D eigenvalue weighted by Crippen LogP contribution is -2.39. The van der Waals surface area contributed by atoms with Gasteiger partial charge in [-0.2, -0.15) is 0 Å². The van der Waals surface area contributed by atoms with E-state index in [-0.39, 0.29) is 0 Å². The fourth-order valence-electron chi connectivity index (χ4n) is 3.21. The first-order chi connectivity index (χ1) is 11.6. The molecule has 1 unspecified atom stereocenters. The predicted molar refractivity (Wildman–Crippen MR) is 91.1 cm³/mol. The van der Waals surface area contributed by atoms with Gasteiger partial charge in [0.05, 0.1) is 6.42 Å². The highest BCUT2D eigenvalue weighted by atomic mass is 16.4. The van der Waals surface area contributed by atoms with E-state index in [0.717, 1.165) is 10.8 Å². The molecule has 4 nitrogen and oxygen atoms in total. The van der Waals surface area contributed by atoms with Crippen molar-refractivity contribution < 1.29 is 19.8 Å². The third-order valence-electron chi connectivity index (χ3n) is 4.30. The van der Waals surface area contributed by atoms with Gasteiger partial charge in [0.2, 0.25) is 0 Å². The Hall–Kier alpha value is -3.14. The maximum Gasteiger partial charge on any atom is 0.319 e. The largest absolute Gasteiger partial charge is 0.481 e. The van der Waals surface area contributed by atoms with E-state index in [1.807, 2.05) is 30.3 Å². The molecule has 0 bridgehead atoms. The number of hydrogen-bond acceptors (Lipinski definition) is 2. The van der Waals surface area contributed by atoms with Crippen LogP contribution in [0.25, 0.3) is 10.8 Å². The van der Waals surface area contributed by atoms with Crippen LogP contribution in [0.1, 0.15) is 17.5 Å². The smallest absolute Gasteiger partial charge is 0.319 e. The molecular weight excluding hydrogens is 304 g/mol. The fourth-order valence-corrected chi connectivity index (χ4v) is 3.21. The molecule has 3 rings (SSSR count). The quantitative estimate of drug-likeness (QED) is 0.752. The highest BCUT2D eigenvalue weighted by Crippen LogP contribution is 2.39. The Kier molecular flexibility index (Phi) is 4.04. The van der Waals surface area contributed by atoms with Crippen molar-refractivity contribution in [2.75, 3.05) is 0 Å². The van der Waals surface area contributed by atoms with E-state index in [1.165, 1.54) is 0 Å². The lowest BCUT2D eigenvalue weighted by Gasteiger charge is -2.30. The van der Waals surface area contributed by atoms with Crippen molar-refractivity contribution >= 4 is 22.7 Å². The van der Waals surface area contributed by atoms with E-state index < -0.39 is 23.8 Å². The molecule has 0 spiro atoms. The van der Waals surface area contributed by atoms with Gasteiger partial charge in [-0.25, -0.2) is 0 Å². The number of hydrogen-bond donors (Lipinski definition) is 2. The van der Waals surface area contributed by atoms with Crippen LogP contribution in [0.3, 0.4) is 0 Å². The van der Waals surface area contributed by atoms with Crippen LogP contribution in [0, 0.1) is 0 Å². The predicted octanol–water partition coefficient (Wildman–Crippen LogP) is 3.69. The second kappa shape index (κ2) is 6.16. The lowest BCUT2D eigenvalue weighted by molar-refractivity contribution is -0.148. The third kappa shape index (κ3) is 2.52. The Morgan fingerprint density at radius 3 is 2.08 bits per heavy atom. The molecule has 0 aliphatic heterocycles. The first kappa shape index (κ1) is 15.7. The third-order valence-corrected chi connectivity index (χ3v) is 4.30. The zero-order valence-corrected chi connectivity index (χ0v) is 12.8. The zero-order valence-electron chi connectivity index (χ0n) is 12.8. The summed E-state index contributed by atoms with van der Waals surface area (Å²) in [5, 5.41) is 21.1. The van der Waals surface area contributed by atoms with E-state index in [0.29, 0.717) is 11.1 Å². The molecule has 2 N–H and O–H groups in total. The van der Waals surface area contributed by atoms with E-state index in [2.05, 4.69) is 0 Å². The molecule has 0 saturated heterocycles. The summed E-state index contributed by atoms with van der Waals surface area (Å²) in [5.41, 5.74) is -0.702. The van der Waals surface area contributed by atoms with Crippen molar-refractivity contribution in [2.45, 2.75) is 11.8 Å². The van der Waals surface area contributed by atoms with E-state index in [9.17, 15) is 19.8 Å². The molecule has 0 aliphatic rings. The highest BCUT2D eigenvalue weighted by molar-refractivity contribution is 5.98. The van der Waals surface area contributed by atoms with Gasteiger partial charge in [-0.15, -0.1) is 0 Å². The van der Waals surface area contributed by atoms with Crippen LogP contribution >= 0.6 is 0 Å². The zero-order chi connectivity index (χ0) is 17.2. The molecule has 0 fully saturated rings. The van der Waals surface area contributed by atoms with Gasteiger partial charge in [-0.1, -0.05) is 72.8 Å².